The van der Waals surface area contributed by atoms with Gasteiger partial charge in [0.1, 0.15) is 0 Å². The molecule has 1 saturated heterocycles. The fourth-order valence-corrected chi connectivity index (χ4v) is 3.43. The summed E-state index contributed by atoms with van der Waals surface area (Å²) in [6.07, 6.45) is 3.53. The van der Waals surface area contributed by atoms with Crippen LogP contribution in [-0.4, -0.2) is 44.9 Å². The maximum Gasteiger partial charge on any atom is 0.257 e. The Balaban J connectivity index is 1.97. The fourth-order valence-electron chi connectivity index (χ4n) is 2.19. The molecule has 114 valence electrons. The maximum absolute atomic E-state index is 12.3. The van der Waals surface area contributed by atoms with Crippen molar-refractivity contribution < 1.29 is 13.2 Å². The Morgan fingerprint density at radius 3 is 3.10 bits per heavy atom. The van der Waals surface area contributed by atoms with Gasteiger partial charge in [-0.15, -0.1) is 0 Å². The molecule has 0 saturated carbocycles. The maximum atomic E-state index is 12.3. The number of aromatic amines is 1. The Bertz CT molecular complexity index is 509. The van der Waals surface area contributed by atoms with E-state index in [0.717, 1.165) is 26.0 Å². The summed E-state index contributed by atoms with van der Waals surface area (Å²) >= 11 is 0. The summed E-state index contributed by atoms with van der Waals surface area (Å²) in [4.78, 5) is 0. The van der Waals surface area contributed by atoms with E-state index in [-0.39, 0.29) is 10.9 Å². The summed E-state index contributed by atoms with van der Waals surface area (Å²) in [7, 11) is -3.54. The summed E-state index contributed by atoms with van der Waals surface area (Å²) in [5, 5.41) is 9.64. The van der Waals surface area contributed by atoms with Gasteiger partial charge in [0.2, 0.25) is 0 Å². The van der Waals surface area contributed by atoms with Crippen molar-refractivity contribution in [1.29, 1.82) is 0 Å². The summed E-state index contributed by atoms with van der Waals surface area (Å²) in [5.41, 5.74) is 0.652. The number of ether oxygens (including phenoxy) is 1. The van der Waals surface area contributed by atoms with E-state index in [1.807, 2.05) is 6.92 Å². The van der Waals surface area contributed by atoms with Crippen molar-refractivity contribution in [2.24, 2.45) is 5.92 Å². The second-order valence-corrected chi connectivity index (χ2v) is 6.64. The molecule has 2 rings (SSSR count). The quantitative estimate of drug-likeness (QED) is 0.670. The van der Waals surface area contributed by atoms with Gasteiger partial charge >= 0.3 is 0 Å². The van der Waals surface area contributed by atoms with E-state index in [2.05, 4.69) is 20.2 Å². The molecule has 8 heteroatoms. The number of sulfonamides is 1. The molecule has 0 bridgehead atoms. The van der Waals surface area contributed by atoms with E-state index in [1.165, 1.54) is 0 Å². The molecule has 1 aliphatic rings. The van der Waals surface area contributed by atoms with Crippen LogP contribution in [0.15, 0.2) is 11.2 Å². The molecule has 1 unspecified atom stereocenters. The van der Waals surface area contributed by atoms with Crippen molar-refractivity contribution in [3.63, 3.8) is 0 Å². The molecule has 1 aromatic rings. The number of nitrogens with one attached hydrogen (secondary N) is 3. The van der Waals surface area contributed by atoms with E-state index in [4.69, 9.17) is 4.74 Å². The molecule has 1 aliphatic heterocycles. The number of aromatic nitrogens is 2. The second kappa shape index (κ2) is 7.16. The Labute approximate surface area is 119 Å². The van der Waals surface area contributed by atoms with Gasteiger partial charge in [-0.25, -0.2) is 13.1 Å². The Morgan fingerprint density at radius 2 is 2.40 bits per heavy atom. The van der Waals surface area contributed by atoms with Crippen molar-refractivity contribution in [3.05, 3.63) is 11.8 Å². The third-order valence-corrected chi connectivity index (χ3v) is 4.77. The van der Waals surface area contributed by atoms with Crippen molar-refractivity contribution in [2.75, 3.05) is 26.3 Å². The Morgan fingerprint density at radius 1 is 1.55 bits per heavy atom. The topological polar surface area (TPSA) is 96.1 Å². The van der Waals surface area contributed by atoms with Crippen LogP contribution in [0.2, 0.25) is 0 Å². The molecule has 1 fully saturated rings. The first-order valence-corrected chi connectivity index (χ1v) is 8.42. The van der Waals surface area contributed by atoms with Crippen molar-refractivity contribution in [2.45, 2.75) is 31.3 Å². The zero-order valence-electron chi connectivity index (χ0n) is 11.7. The van der Waals surface area contributed by atoms with Gasteiger partial charge in [0.05, 0.1) is 12.8 Å². The van der Waals surface area contributed by atoms with Crippen LogP contribution in [-0.2, 0) is 21.3 Å². The van der Waals surface area contributed by atoms with Gasteiger partial charge in [-0.05, 0) is 25.3 Å². The van der Waals surface area contributed by atoms with E-state index < -0.39 is 10.0 Å². The van der Waals surface area contributed by atoms with Crippen LogP contribution < -0.4 is 10.0 Å². The SMILES string of the molecule is CCNCc1cn[nH]c1S(=O)(=O)NCC1CCCOC1. The van der Waals surface area contributed by atoms with E-state index in [0.29, 0.717) is 25.3 Å². The average molecular weight is 302 g/mol. The largest absolute Gasteiger partial charge is 0.381 e. The minimum absolute atomic E-state index is 0.148. The summed E-state index contributed by atoms with van der Waals surface area (Å²) in [5.74, 6) is 0.249. The number of rotatable bonds is 7. The lowest BCUT2D eigenvalue weighted by atomic mass is 10.0. The second-order valence-electron chi connectivity index (χ2n) is 4.94. The van der Waals surface area contributed by atoms with E-state index in [1.54, 1.807) is 6.20 Å². The Kier molecular flexibility index (Phi) is 5.53. The van der Waals surface area contributed by atoms with Crippen LogP contribution in [0.25, 0.3) is 0 Å². The molecule has 0 amide bonds. The molecule has 0 radical (unpaired) electrons. The highest BCUT2D eigenvalue weighted by Gasteiger charge is 2.23. The predicted octanol–water partition coefficient (Wildman–Crippen LogP) is 0.224. The van der Waals surface area contributed by atoms with Crippen molar-refractivity contribution >= 4 is 10.0 Å². The molecule has 3 N–H and O–H groups in total. The van der Waals surface area contributed by atoms with Crippen LogP contribution in [0, 0.1) is 5.92 Å². The lowest BCUT2D eigenvalue weighted by molar-refractivity contribution is 0.0568. The normalized spacial score (nSPS) is 20.1. The minimum atomic E-state index is -3.54. The third kappa shape index (κ3) is 4.02. The molecule has 20 heavy (non-hydrogen) atoms. The highest BCUT2D eigenvalue weighted by atomic mass is 32.2. The number of hydrogen-bond acceptors (Lipinski definition) is 5. The molecule has 7 nitrogen and oxygen atoms in total. The third-order valence-electron chi connectivity index (χ3n) is 3.33. The van der Waals surface area contributed by atoms with Crippen molar-refractivity contribution in [1.82, 2.24) is 20.2 Å². The fraction of sp³-hybridized carbons (Fsp3) is 0.750. The molecular formula is C12H22N4O3S. The minimum Gasteiger partial charge on any atom is -0.381 e. The smallest absolute Gasteiger partial charge is 0.257 e. The summed E-state index contributed by atoms with van der Waals surface area (Å²) in [6.45, 7) is 5.03. The first-order chi connectivity index (χ1) is 9.63. The summed E-state index contributed by atoms with van der Waals surface area (Å²) < 4.78 is 32.5. The number of H-pyrrole nitrogens is 1. The number of hydrogen-bond donors (Lipinski definition) is 3. The van der Waals surface area contributed by atoms with Gasteiger partial charge in [0.15, 0.2) is 5.03 Å². The molecule has 0 aliphatic carbocycles. The zero-order chi connectivity index (χ0) is 14.4. The monoisotopic (exact) mass is 302 g/mol. The Hall–Kier alpha value is -0.960. The first-order valence-electron chi connectivity index (χ1n) is 6.94. The van der Waals surface area contributed by atoms with Crippen LogP contribution in [0.3, 0.4) is 0 Å². The van der Waals surface area contributed by atoms with E-state index in [9.17, 15) is 8.42 Å². The molecule has 1 aromatic heterocycles. The molecule has 1 atom stereocenters. The van der Waals surface area contributed by atoms with Gasteiger partial charge in [-0.3, -0.25) is 5.10 Å². The number of nitrogens with zero attached hydrogens (tertiary/aromatic N) is 1. The van der Waals surface area contributed by atoms with Gasteiger partial charge in [0.25, 0.3) is 10.0 Å². The molecular weight excluding hydrogens is 280 g/mol. The van der Waals surface area contributed by atoms with Crippen molar-refractivity contribution in [3.8, 4) is 0 Å². The highest BCUT2D eigenvalue weighted by Crippen LogP contribution is 2.15. The standard InChI is InChI=1S/C12H22N4O3S/c1-2-13-7-11-8-14-16-12(11)20(17,18)15-6-10-4-3-5-19-9-10/h8,10,13,15H,2-7,9H2,1H3,(H,14,16). The van der Waals surface area contributed by atoms with Gasteiger partial charge in [-0.2, -0.15) is 5.10 Å². The van der Waals surface area contributed by atoms with Gasteiger partial charge < -0.3 is 10.1 Å². The van der Waals surface area contributed by atoms with E-state index >= 15 is 0 Å². The molecule has 2 heterocycles. The van der Waals surface area contributed by atoms with Crippen LogP contribution >= 0.6 is 0 Å². The van der Waals surface area contributed by atoms with Gasteiger partial charge in [0, 0.05) is 25.3 Å². The lowest BCUT2D eigenvalue weighted by Crippen LogP contribution is -2.34. The molecule has 0 aromatic carbocycles. The average Bonchev–Trinajstić information content (AvgIpc) is 2.93. The van der Waals surface area contributed by atoms with Crippen LogP contribution in [0.5, 0.6) is 0 Å². The van der Waals surface area contributed by atoms with Crippen LogP contribution in [0.4, 0.5) is 0 Å². The highest BCUT2D eigenvalue weighted by molar-refractivity contribution is 7.89. The first kappa shape index (κ1) is 15.4. The predicted molar refractivity (Wildman–Crippen MR) is 74.7 cm³/mol. The molecule has 0 spiro atoms. The van der Waals surface area contributed by atoms with Gasteiger partial charge in [-0.1, -0.05) is 6.92 Å². The zero-order valence-corrected chi connectivity index (χ0v) is 12.5. The van der Waals surface area contributed by atoms with Crippen LogP contribution in [0.1, 0.15) is 25.3 Å². The summed E-state index contributed by atoms with van der Waals surface area (Å²) in [6, 6.07) is 0. The lowest BCUT2D eigenvalue weighted by Gasteiger charge is -2.22.